The normalized spacial score (nSPS) is 12.8. The molecule has 0 aliphatic rings. The van der Waals surface area contributed by atoms with Crippen LogP contribution in [0, 0.1) is 6.92 Å². The summed E-state index contributed by atoms with van der Waals surface area (Å²) in [5.74, 6) is 0.678. The number of benzene rings is 2. The van der Waals surface area contributed by atoms with Crippen molar-refractivity contribution in [3.8, 4) is 0 Å². The van der Waals surface area contributed by atoms with Crippen LogP contribution in [-0.2, 0) is 17.1 Å². The molecule has 4 aromatic rings. The third kappa shape index (κ3) is 4.95. The minimum Gasteiger partial charge on any atom is -0.250 e. The zero-order chi connectivity index (χ0) is 21.8. The molecule has 1 N–H and O–H groups in total. The van der Waals surface area contributed by atoms with Gasteiger partial charge in [-0.15, -0.1) is 11.8 Å². The van der Waals surface area contributed by atoms with E-state index in [1.165, 1.54) is 6.33 Å². The first-order chi connectivity index (χ1) is 14.9. The maximum atomic E-state index is 13.0. The van der Waals surface area contributed by atoms with Gasteiger partial charge in [0.25, 0.3) is 0 Å². The second-order valence-electron chi connectivity index (χ2n) is 7.22. The van der Waals surface area contributed by atoms with Crippen LogP contribution >= 0.6 is 11.8 Å². The quantitative estimate of drug-likeness (QED) is 0.322. The third-order valence-corrected chi connectivity index (χ3v) is 7.49. The van der Waals surface area contributed by atoms with Crippen molar-refractivity contribution >= 4 is 32.8 Å². The zero-order valence-corrected chi connectivity index (χ0v) is 18.9. The van der Waals surface area contributed by atoms with Gasteiger partial charge in [-0.25, -0.2) is 23.1 Å². The number of aromatic nitrogens is 4. The summed E-state index contributed by atoms with van der Waals surface area (Å²) in [5.41, 5.74) is 2.71. The van der Waals surface area contributed by atoms with Gasteiger partial charge in [-0.1, -0.05) is 48.0 Å². The van der Waals surface area contributed by atoms with E-state index in [2.05, 4.69) is 19.8 Å². The smallest absolute Gasteiger partial charge is 0.241 e. The summed E-state index contributed by atoms with van der Waals surface area (Å²) in [5, 5.41) is 5.98. The van der Waals surface area contributed by atoms with Gasteiger partial charge in [-0.3, -0.25) is 4.68 Å². The molecule has 0 saturated heterocycles. The number of sulfonamides is 1. The van der Waals surface area contributed by atoms with Gasteiger partial charge in [0, 0.05) is 18.8 Å². The second-order valence-corrected chi connectivity index (χ2v) is 10.0. The fourth-order valence-electron chi connectivity index (χ4n) is 3.28. The van der Waals surface area contributed by atoms with E-state index in [4.69, 9.17) is 0 Å². The van der Waals surface area contributed by atoms with Gasteiger partial charge in [-0.05, 0) is 31.0 Å². The fourth-order valence-corrected chi connectivity index (χ4v) is 5.51. The van der Waals surface area contributed by atoms with Crippen molar-refractivity contribution in [2.24, 2.45) is 7.05 Å². The summed E-state index contributed by atoms with van der Waals surface area (Å²) < 4.78 is 30.6. The number of fused-ring (bicyclic) bond motifs is 1. The van der Waals surface area contributed by atoms with Gasteiger partial charge in [0.05, 0.1) is 16.5 Å². The van der Waals surface area contributed by atoms with Crippen LogP contribution in [0.5, 0.6) is 0 Å². The number of nitrogens with one attached hydrogen (secondary N) is 1. The lowest BCUT2D eigenvalue weighted by molar-refractivity contribution is 0.551. The van der Waals surface area contributed by atoms with E-state index < -0.39 is 10.0 Å². The van der Waals surface area contributed by atoms with Crippen LogP contribution in [0.1, 0.15) is 23.6 Å². The molecule has 0 fully saturated rings. The minimum absolute atomic E-state index is 0.263. The number of hydrogen-bond acceptors (Lipinski definition) is 6. The van der Waals surface area contributed by atoms with E-state index in [0.717, 1.165) is 27.2 Å². The number of hydrogen-bond donors (Lipinski definition) is 1. The predicted molar refractivity (Wildman–Crippen MR) is 122 cm³/mol. The molecule has 2 aromatic carbocycles. The standard InChI is InChI=1S/C22H23N5O2S2/c1-16-8-10-18(11-9-16)31(28,29)26-20(17-6-4-3-5-7-17)12-13-30-22-19-14-25-27(2)21(19)23-15-24-22/h3-11,14-15,20,26H,12-13H2,1-2H3/t20-/m0/s1. The van der Waals surface area contributed by atoms with Gasteiger partial charge in [0.2, 0.25) is 10.0 Å². The fraction of sp³-hybridized carbons (Fsp3) is 0.227. The molecule has 160 valence electrons. The molecule has 0 aliphatic carbocycles. The van der Waals surface area contributed by atoms with E-state index >= 15 is 0 Å². The summed E-state index contributed by atoms with van der Waals surface area (Å²) in [6, 6.07) is 16.2. The highest BCUT2D eigenvalue weighted by Gasteiger charge is 2.21. The lowest BCUT2D eigenvalue weighted by Gasteiger charge is -2.19. The molecule has 0 unspecified atom stereocenters. The first-order valence-corrected chi connectivity index (χ1v) is 12.3. The zero-order valence-electron chi connectivity index (χ0n) is 17.3. The summed E-state index contributed by atoms with van der Waals surface area (Å²) in [7, 11) is -1.81. The number of nitrogens with zero attached hydrogens (tertiary/aromatic N) is 4. The maximum absolute atomic E-state index is 13.0. The lowest BCUT2D eigenvalue weighted by atomic mass is 10.1. The molecule has 4 rings (SSSR count). The van der Waals surface area contributed by atoms with Crippen LogP contribution in [-0.4, -0.2) is 33.9 Å². The first-order valence-electron chi connectivity index (χ1n) is 9.83. The van der Waals surface area contributed by atoms with E-state index in [9.17, 15) is 8.42 Å². The van der Waals surface area contributed by atoms with Crippen molar-refractivity contribution in [1.29, 1.82) is 0 Å². The SMILES string of the molecule is Cc1ccc(S(=O)(=O)N[C@@H](CCSc2ncnc3c2cnn3C)c2ccccc2)cc1. The molecule has 2 heterocycles. The van der Waals surface area contributed by atoms with Crippen molar-refractivity contribution in [3.63, 3.8) is 0 Å². The molecule has 0 amide bonds. The van der Waals surface area contributed by atoms with Crippen molar-refractivity contribution < 1.29 is 8.42 Å². The first kappa shape index (κ1) is 21.5. The Kier molecular flexibility index (Phi) is 6.35. The topological polar surface area (TPSA) is 89.8 Å². The van der Waals surface area contributed by atoms with Crippen molar-refractivity contribution in [1.82, 2.24) is 24.5 Å². The highest BCUT2D eigenvalue weighted by atomic mass is 32.2. The average molecular weight is 454 g/mol. The van der Waals surface area contributed by atoms with Crippen LogP contribution in [0.2, 0.25) is 0 Å². The molecule has 2 aromatic heterocycles. The second kappa shape index (κ2) is 9.17. The molecule has 0 bridgehead atoms. The molecule has 31 heavy (non-hydrogen) atoms. The van der Waals surface area contributed by atoms with E-state index in [1.807, 2.05) is 44.3 Å². The highest BCUT2D eigenvalue weighted by Crippen LogP contribution is 2.28. The summed E-state index contributed by atoms with van der Waals surface area (Å²) >= 11 is 1.57. The summed E-state index contributed by atoms with van der Waals surface area (Å²) in [6.07, 6.45) is 3.89. The Bertz CT molecular complexity index is 1270. The Labute approximate surface area is 186 Å². The third-order valence-electron chi connectivity index (χ3n) is 4.97. The predicted octanol–water partition coefficient (Wildman–Crippen LogP) is 3.87. The Morgan fingerprint density at radius 1 is 1.06 bits per heavy atom. The molecule has 7 nitrogen and oxygen atoms in total. The maximum Gasteiger partial charge on any atom is 0.241 e. The molecule has 1 atom stereocenters. The number of thioether (sulfide) groups is 1. The Hall–Kier alpha value is -2.75. The Balaban J connectivity index is 1.52. The molecule has 0 saturated carbocycles. The Morgan fingerprint density at radius 2 is 1.81 bits per heavy atom. The van der Waals surface area contributed by atoms with Crippen LogP contribution in [0.3, 0.4) is 0 Å². The van der Waals surface area contributed by atoms with Crippen molar-refractivity contribution in [3.05, 3.63) is 78.2 Å². The largest absolute Gasteiger partial charge is 0.250 e. The summed E-state index contributed by atoms with van der Waals surface area (Å²) in [4.78, 5) is 8.91. The number of aryl methyl sites for hydroxylation is 2. The average Bonchev–Trinajstić information content (AvgIpc) is 3.16. The van der Waals surface area contributed by atoms with Gasteiger partial charge in [0.1, 0.15) is 11.4 Å². The van der Waals surface area contributed by atoms with Gasteiger partial charge in [-0.2, -0.15) is 5.10 Å². The Morgan fingerprint density at radius 3 is 2.55 bits per heavy atom. The van der Waals surface area contributed by atoms with Crippen molar-refractivity contribution in [2.45, 2.75) is 29.3 Å². The van der Waals surface area contributed by atoms with Crippen LogP contribution < -0.4 is 4.72 Å². The molecular weight excluding hydrogens is 430 g/mol. The van der Waals surface area contributed by atoms with Crippen LogP contribution in [0.15, 0.2) is 77.0 Å². The highest BCUT2D eigenvalue weighted by molar-refractivity contribution is 7.99. The van der Waals surface area contributed by atoms with Crippen LogP contribution in [0.25, 0.3) is 11.0 Å². The summed E-state index contributed by atoms with van der Waals surface area (Å²) in [6.45, 7) is 1.93. The molecule has 0 radical (unpaired) electrons. The molecule has 0 aliphatic heterocycles. The van der Waals surface area contributed by atoms with Crippen LogP contribution in [0.4, 0.5) is 0 Å². The minimum atomic E-state index is -3.65. The number of rotatable bonds is 8. The van der Waals surface area contributed by atoms with Gasteiger partial charge < -0.3 is 0 Å². The van der Waals surface area contributed by atoms with Gasteiger partial charge >= 0.3 is 0 Å². The lowest BCUT2D eigenvalue weighted by Crippen LogP contribution is -2.29. The van der Waals surface area contributed by atoms with E-state index in [1.54, 1.807) is 46.9 Å². The van der Waals surface area contributed by atoms with E-state index in [0.29, 0.717) is 12.2 Å². The molecular formula is C22H23N5O2S2. The van der Waals surface area contributed by atoms with Gasteiger partial charge in [0.15, 0.2) is 5.65 Å². The monoisotopic (exact) mass is 453 g/mol. The molecule has 0 spiro atoms. The molecule has 9 heteroatoms. The van der Waals surface area contributed by atoms with Crippen molar-refractivity contribution in [2.75, 3.05) is 5.75 Å². The van der Waals surface area contributed by atoms with E-state index in [-0.39, 0.29) is 10.9 Å².